The number of allylic oxidation sites excluding steroid dienone is 2. The van der Waals surface area contributed by atoms with Crippen molar-refractivity contribution in [2.24, 2.45) is 0 Å². The molecule has 29 heavy (non-hydrogen) atoms. The van der Waals surface area contributed by atoms with Gasteiger partial charge in [-0.2, -0.15) is 4.41 Å². The van der Waals surface area contributed by atoms with Gasteiger partial charge in [0.25, 0.3) is 0 Å². The van der Waals surface area contributed by atoms with Crippen molar-refractivity contribution in [2.45, 2.75) is 25.2 Å². The number of ether oxygens (including phenoxy) is 1. The molecular formula is C22H23N5OS. The second-order valence-corrected chi connectivity index (χ2v) is 7.83. The van der Waals surface area contributed by atoms with Crippen LogP contribution in [0.15, 0.2) is 65.4 Å². The Bertz CT molecular complexity index is 1100. The summed E-state index contributed by atoms with van der Waals surface area (Å²) in [5, 5.41) is 0. The standard InChI is InChI=1S/C22H23N5OS/c1-4-6-15(7-5-2)14-28-21-13-23-18-9-8-16(10-19(18)25-21)17-11-20-22(24-12-17)26-27(3)29-20/h4,6-13H,5,14H2,1-3H3,(H,24,26)/b6-4-,15-7+. The number of hydrogen-bond donors (Lipinski definition) is 1. The van der Waals surface area contributed by atoms with Crippen LogP contribution >= 0.6 is 11.9 Å². The van der Waals surface area contributed by atoms with Gasteiger partial charge in [0.1, 0.15) is 6.61 Å². The Morgan fingerprint density at radius 1 is 1.17 bits per heavy atom. The topological polar surface area (TPSA) is 63.2 Å². The normalized spacial score (nSPS) is 14.4. The number of pyridine rings is 1. The molecule has 7 heteroatoms. The van der Waals surface area contributed by atoms with Gasteiger partial charge >= 0.3 is 0 Å². The molecule has 1 aromatic carbocycles. The Morgan fingerprint density at radius 3 is 2.90 bits per heavy atom. The van der Waals surface area contributed by atoms with E-state index in [4.69, 9.17) is 4.74 Å². The van der Waals surface area contributed by atoms with E-state index in [0.717, 1.165) is 44.9 Å². The minimum absolute atomic E-state index is 0.477. The van der Waals surface area contributed by atoms with Crippen molar-refractivity contribution in [3.8, 4) is 17.0 Å². The Labute approximate surface area is 174 Å². The molecular weight excluding hydrogens is 382 g/mol. The Hall–Kier alpha value is -2.90. The van der Waals surface area contributed by atoms with Crippen molar-refractivity contribution >= 4 is 28.8 Å². The number of nitrogens with zero attached hydrogens (tertiary/aromatic N) is 4. The molecule has 0 amide bonds. The van der Waals surface area contributed by atoms with Crippen molar-refractivity contribution in [1.29, 1.82) is 0 Å². The minimum Gasteiger partial charge on any atom is -0.472 e. The van der Waals surface area contributed by atoms with E-state index in [-0.39, 0.29) is 0 Å². The first-order valence-corrected chi connectivity index (χ1v) is 10.3. The van der Waals surface area contributed by atoms with Gasteiger partial charge in [0.2, 0.25) is 5.88 Å². The molecule has 3 heterocycles. The zero-order chi connectivity index (χ0) is 20.2. The van der Waals surface area contributed by atoms with Crippen LogP contribution in [0.1, 0.15) is 20.3 Å². The highest BCUT2D eigenvalue weighted by Gasteiger charge is 2.18. The molecule has 1 aliphatic rings. The predicted octanol–water partition coefficient (Wildman–Crippen LogP) is 5.26. The molecule has 3 aromatic rings. The molecule has 0 saturated carbocycles. The van der Waals surface area contributed by atoms with Crippen LogP contribution in [0, 0.1) is 0 Å². The lowest BCUT2D eigenvalue weighted by molar-refractivity contribution is 0.341. The number of aromatic nitrogens is 3. The van der Waals surface area contributed by atoms with Gasteiger partial charge in [-0.05, 0) is 54.6 Å². The van der Waals surface area contributed by atoms with E-state index in [0.29, 0.717) is 12.5 Å². The molecule has 148 valence electrons. The molecule has 6 nitrogen and oxygen atoms in total. The Kier molecular flexibility index (Phi) is 5.78. The zero-order valence-corrected chi connectivity index (χ0v) is 17.5. The number of benzene rings is 1. The van der Waals surface area contributed by atoms with Crippen molar-refractivity contribution in [2.75, 3.05) is 19.1 Å². The second kappa shape index (κ2) is 8.63. The van der Waals surface area contributed by atoms with Gasteiger partial charge in [0.15, 0.2) is 5.82 Å². The highest BCUT2D eigenvalue weighted by Crippen LogP contribution is 2.37. The third-order valence-electron chi connectivity index (χ3n) is 4.44. The molecule has 0 aliphatic carbocycles. The lowest BCUT2D eigenvalue weighted by Crippen LogP contribution is -2.11. The average molecular weight is 406 g/mol. The number of fused-ring (bicyclic) bond motifs is 2. The molecule has 0 bridgehead atoms. The van der Waals surface area contributed by atoms with Crippen LogP contribution in [-0.2, 0) is 0 Å². The molecule has 2 aromatic heterocycles. The number of rotatable bonds is 6. The van der Waals surface area contributed by atoms with Gasteiger partial charge < -0.3 is 4.74 Å². The van der Waals surface area contributed by atoms with Crippen molar-refractivity contribution in [3.63, 3.8) is 0 Å². The number of nitrogens with one attached hydrogen (secondary N) is 1. The Balaban J connectivity index is 1.59. The maximum atomic E-state index is 5.88. The predicted molar refractivity (Wildman–Crippen MR) is 119 cm³/mol. The van der Waals surface area contributed by atoms with E-state index in [1.807, 2.05) is 48.9 Å². The van der Waals surface area contributed by atoms with Crippen LogP contribution in [0.4, 0.5) is 5.82 Å². The summed E-state index contributed by atoms with van der Waals surface area (Å²) in [5.41, 5.74) is 8.06. The lowest BCUT2D eigenvalue weighted by atomic mass is 10.1. The number of hydrogen-bond acceptors (Lipinski definition) is 7. The molecule has 0 fully saturated rings. The van der Waals surface area contributed by atoms with E-state index in [2.05, 4.69) is 45.5 Å². The third-order valence-corrected chi connectivity index (χ3v) is 5.31. The Morgan fingerprint density at radius 2 is 2.07 bits per heavy atom. The summed E-state index contributed by atoms with van der Waals surface area (Å²) in [7, 11) is 1.97. The third kappa shape index (κ3) is 4.41. The average Bonchev–Trinajstić information content (AvgIpc) is 3.11. The summed E-state index contributed by atoms with van der Waals surface area (Å²) in [6.45, 7) is 4.59. The van der Waals surface area contributed by atoms with E-state index in [9.17, 15) is 0 Å². The highest BCUT2D eigenvalue weighted by atomic mass is 32.2. The molecule has 1 aliphatic heterocycles. The smallest absolute Gasteiger partial charge is 0.233 e. The first-order chi connectivity index (χ1) is 14.2. The first kappa shape index (κ1) is 19.4. The fraction of sp³-hybridized carbons (Fsp3) is 0.227. The van der Waals surface area contributed by atoms with Gasteiger partial charge in [-0.15, -0.1) is 0 Å². The zero-order valence-electron chi connectivity index (χ0n) is 16.7. The van der Waals surface area contributed by atoms with E-state index in [1.165, 1.54) is 0 Å². The fourth-order valence-corrected chi connectivity index (χ4v) is 3.92. The van der Waals surface area contributed by atoms with Crippen molar-refractivity contribution < 1.29 is 4.74 Å². The summed E-state index contributed by atoms with van der Waals surface area (Å²) in [4.78, 5) is 14.8. The molecule has 0 saturated heterocycles. The van der Waals surface area contributed by atoms with Crippen LogP contribution in [-0.4, -0.2) is 33.0 Å². The maximum absolute atomic E-state index is 5.88. The molecule has 0 atom stereocenters. The number of anilines is 1. The minimum atomic E-state index is 0.477. The molecule has 0 spiro atoms. The van der Waals surface area contributed by atoms with Crippen LogP contribution < -0.4 is 10.2 Å². The highest BCUT2D eigenvalue weighted by molar-refractivity contribution is 7.97. The molecule has 4 rings (SSSR count). The van der Waals surface area contributed by atoms with Gasteiger partial charge in [0, 0.05) is 18.8 Å². The molecule has 1 N–H and O–H groups in total. The summed E-state index contributed by atoms with van der Waals surface area (Å²) in [6.07, 6.45) is 10.7. The number of hydrazine groups is 1. The van der Waals surface area contributed by atoms with Gasteiger partial charge in [-0.3, -0.25) is 5.43 Å². The summed E-state index contributed by atoms with van der Waals surface area (Å²) < 4.78 is 7.81. The summed E-state index contributed by atoms with van der Waals surface area (Å²) >= 11 is 1.62. The van der Waals surface area contributed by atoms with Crippen LogP contribution in [0.25, 0.3) is 22.2 Å². The molecule has 0 radical (unpaired) electrons. The van der Waals surface area contributed by atoms with Crippen LogP contribution in [0.2, 0.25) is 0 Å². The monoisotopic (exact) mass is 405 g/mol. The SMILES string of the molecule is C/C=C\C(=C/CC)COc1cnc2ccc(-c3cnc4c(c3)SN(C)N4)cc2n1. The van der Waals surface area contributed by atoms with Gasteiger partial charge in [-0.1, -0.05) is 31.2 Å². The summed E-state index contributed by atoms with van der Waals surface area (Å²) in [5.74, 6) is 1.41. The van der Waals surface area contributed by atoms with Crippen LogP contribution in [0.5, 0.6) is 5.88 Å². The second-order valence-electron chi connectivity index (χ2n) is 6.66. The fourth-order valence-electron chi connectivity index (χ4n) is 3.13. The molecule has 0 unspecified atom stereocenters. The largest absolute Gasteiger partial charge is 0.472 e. The van der Waals surface area contributed by atoms with Crippen molar-refractivity contribution in [3.05, 3.63) is 60.5 Å². The van der Waals surface area contributed by atoms with Crippen LogP contribution in [0.3, 0.4) is 0 Å². The van der Waals surface area contributed by atoms with Gasteiger partial charge in [-0.25, -0.2) is 15.0 Å². The van der Waals surface area contributed by atoms with Crippen molar-refractivity contribution in [1.82, 2.24) is 19.4 Å². The maximum Gasteiger partial charge on any atom is 0.233 e. The quantitative estimate of drug-likeness (QED) is 0.443. The first-order valence-electron chi connectivity index (χ1n) is 9.56. The summed E-state index contributed by atoms with van der Waals surface area (Å²) in [6, 6.07) is 8.20. The lowest BCUT2D eigenvalue weighted by Gasteiger charge is -2.08. The van der Waals surface area contributed by atoms with E-state index in [1.54, 1.807) is 18.1 Å². The van der Waals surface area contributed by atoms with Gasteiger partial charge in [0.05, 0.1) is 22.1 Å². The van der Waals surface area contributed by atoms with E-state index >= 15 is 0 Å². The van der Waals surface area contributed by atoms with E-state index < -0.39 is 0 Å².